The number of carbonyl (C=O) groups excluding carboxylic acids is 2. The first kappa shape index (κ1) is 33.7. The Bertz CT molecular complexity index is 1230. The van der Waals surface area contributed by atoms with Gasteiger partial charge < -0.3 is 25.1 Å². The number of carbonyl (C=O) groups is 2. The second kappa shape index (κ2) is 13.8. The van der Waals surface area contributed by atoms with Gasteiger partial charge in [0.2, 0.25) is 5.91 Å². The molecule has 4 aliphatic rings. The van der Waals surface area contributed by atoms with Gasteiger partial charge in [0.25, 0.3) is 5.96 Å². The number of hydrazine groups is 1. The first-order valence-electron chi connectivity index (χ1n) is 15.8. The van der Waals surface area contributed by atoms with E-state index in [1.807, 2.05) is 12.3 Å². The number of aliphatic imine (C=N–C) groups is 1. The van der Waals surface area contributed by atoms with Crippen LogP contribution in [0.5, 0.6) is 5.75 Å². The van der Waals surface area contributed by atoms with Crippen LogP contribution in [0.4, 0.5) is 0 Å². The number of Topliss-reactive ketones (excluding diaryl/α,β-unsaturated/α-hetero) is 1. The molecule has 4 fully saturated rings. The number of ether oxygens (including phenoxy) is 1. The maximum Gasteiger partial charge on any atom is 0.481 e. The van der Waals surface area contributed by atoms with Crippen LogP contribution >= 0.6 is 0 Å². The number of nitrogens with zero attached hydrogens (tertiary/aromatic N) is 2. The van der Waals surface area contributed by atoms with Gasteiger partial charge in [0.15, 0.2) is 10.8 Å². The van der Waals surface area contributed by atoms with Crippen LogP contribution in [0.3, 0.4) is 0 Å². The monoisotopic (exact) mass is 613 g/mol. The van der Waals surface area contributed by atoms with Crippen LogP contribution in [-0.2, 0) is 14.1 Å². The molecule has 6 atom stereocenters. The number of amides is 1. The molecule has 2 bridgehead atoms. The third-order valence-corrected chi connectivity index (χ3v) is 9.84. The number of hydrogen-bond donors (Lipinski definition) is 3. The fourth-order valence-electron chi connectivity index (χ4n) is 7.35. The van der Waals surface area contributed by atoms with Crippen molar-refractivity contribution in [1.82, 2.24) is 10.7 Å². The van der Waals surface area contributed by atoms with Crippen molar-refractivity contribution in [1.29, 1.82) is 0 Å². The molecule has 5 rings (SSSR count). The highest BCUT2D eigenvalue weighted by molar-refractivity contribution is 6.47. The van der Waals surface area contributed by atoms with E-state index >= 15 is 0 Å². The molecular formula is C31H48BN5O7. The van der Waals surface area contributed by atoms with Crippen LogP contribution < -0.4 is 21.2 Å². The van der Waals surface area contributed by atoms with Crippen LogP contribution in [0, 0.1) is 39.2 Å². The van der Waals surface area contributed by atoms with Gasteiger partial charge in [-0.05, 0) is 93.4 Å². The molecule has 44 heavy (non-hydrogen) atoms. The van der Waals surface area contributed by atoms with E-state index in [9.17, 15) is 19.7 Å². The van der Waals surface area contributed by atoms with Crippen molar-refractivity contribution in [2.24, 2.45) is 39.8 Å². The summed E-state index contributed by atoms with van der Waals surface area (Å²) in [6.07, 6.45) is 3.46. The lowest BCUT2D eigenvalue weighted by Crippen LogP contribution is -2.65. The zero-order valence-electron chi connectivity index (χ0n) is 26.8. The Morgan fingerprint density at radius 3 is 2.55 bits per heavy atom. The smallest absolute Gasteiger partial charge is 0.481 e. The van der Waals surface area contributed by atoms with Crippen molar-refractivity contribution >= 4 is 24.8 Å². The van der Waals surface area contributed by atoms with Crippen molar-refractivity contribution in [3.8, 4) is 5.75 Å². The van der Waals surface area contributed by atoms with Gasteiger partial charge in [-0.1, -0.05) is 33.1 Å². The van der Waals surface area contributed by atoms with Crippen molar-refractivity contribution in [3.05, 3.63) is 39.9 Å². The minimum Gasteiger partial charge on any atom is -0.494 e. The first-order valence-corrected chi connectivity index (χ1v) is 15.8. The maximum atomic E-state index is 13.9. The van der Waals surface area contributed by atoms with Gasteiger partial charge in [0.1, 0.15) is 5.75 Å². The second-order valence-electron chi connectivity index (χ2n) is 13.6. The molecule has 3 aliphatic carbocycles. The predicted molar refractivity (Wildman–Crippen MR) is 167 cm³/mol. The van der Waals surface area contributed by atoms with Gasteiger partial charge in [-0.15, -0.1) is 0 Å². The average Bonchev–Trinajstić information content (AvgIpc) is 3.31. The SMILES string of the molecule is CCOc1ccc(C(=O)C[C@@H](CCCN=C(N)N[N+](=O)[O-])C(=O)N[C@@H](CC(C)C)B2O[C@@H]3C[C@@H]4C[C@@H](C4(C)C)[C@]3(C)O2)cc1. The molecular weight excluding hydrogens is 565 g/mol. The number of nitrogens with two attached hydrogens (primary N) is 1. The van der Waals surface area contributed by atoms with Crippen molar-refractivity contribution in [2.45, 2.75) is 97.7 Å². The molecule has 0 unspecified atom stereocenters. The molecule has 0 radical (unpaired) electrons. The molecule has 1 heterocycles. The molecule has 1 aromatic carbocycles. The van der Waals surface area contributed by atoms with Gasteiger partial charge in [-0.2, -0.15) is 0 Å². The zero-order valence-corrected chi connectivity index (χ0v) is 26.8. The van der Waals surface area contributed by atoms with E-state index in [-0.39, 0.29) is 54.0 Å². The molecule has 0 spiro atoms. The second-order valence-corrected chi connectivity index (χ2v) is 13.6. The third kappa shape index (κ3) is 7.54. The van der Waals surface area contributed by atoms with E-state index in [4.69, 9.17) is 19.8 Å². The summed E-state index contributed by atoms with van der Waals surface area (Å²) >= 11 is 0. The molecule has 242 valence electrons. The fourth-order valence-corrected chi connectivity index (χ4v) is 7.35. The summed E-state index contributed by atoms with van der Waals surface area (Å²) in [4.78, 5) is 41.8. The van der Waals surface area contributed by atoms with Crippen molar-refractivity contribution in [2.75, 3.05) is 13.2 Å². The quantitative estimate of drug-likeness (QED) is 0.0505. The summed E-state index contributed by atoms with van der Waals surface area (Å²) < 4.78 is 18.7. The topological polar surface area (TPSA) is 167 Å². The molecule has 4 N–H and O–H groups in total. The lowest BCUT2D eigenvalue weighted by Gasteiger charge is -2.64. The Balaban J connectivity index is 1.47. The van der Waals surface area contributed by atoms with E-state index < -0.39 is 23.7 Å². The number of guanidine groups is 1. The van der Waals surface area contributed by atoms with Crippen LogP contribution in [0.2, 0.25) is 0 Å². The van der Waals surface area contributed by atoms with Crippen LogP contribution in [0.15, 0.2) is 29.3 Å². The van der Waals surface area contributed by atoms with Crippen LogP contribution in [0.1, 0.15) is 90.4 Å². The third-order valence-electron chi connectivity index (χ3n) is 9.84. The first-order chi connectivity index (χ1) is 20.7. The number of rotatable bonds is 15. The summed E-state index contributed by atoms with van der Waals surface area (Å²) in [5.41, 5.74) is 7.64. The normalized spacial score (nSPS) is 26.8. The van der Waals surface area contributed by atoms with E-state index in [0.29, 0.717) is 49.0 Å². The van der Waals surface area contributed by atoms with E-state index in [1.54, 1.807) is 24.3 Å². The lowest BCUT2D eigenvalue weighted by atomic mass is 9.43. The van der Waals surface area contributed by atoms with Crippen molar-refractivity contribution in [3.63, 3.8) is 0 Å². The van der Waals surface area contributed by atoms with E-state index in [0.717, 1.165) is 12.8 Å². The van der Waals surface area contributed by atoms with Gasteiger partial charge in [-0.25, -0.2) is 15.1 Å². The molecule has 1 aromatic rings. The highest BCUT2D eigenvalue weighted by atomic mass is 16.7. The molecule has 1 amide bonds. The maximum absolute atomic E-state index is 13.9. The Hall–Kier alpha value is -3.19. The molecule has 13 heteroatoms. The highest BCUT2D eigenvalue weighted by Crippen LogP contribution is 2.65. The molecule has 12 nitrogen and oxygen atoms in total. The molecule has 1 saturated heterocycles. The van der Waals surface area contributed by atoms with Gasteiger partial charge in [-0.3, -0.25) is 9.59 Å². The number of nitro groups is 1. The lowest BCUT2D eigenvalue weighted by molar-refractivity contribution is -0.525. The highest BCUT2D eigenvalue weighted by Gasteiger charge is 2.68. The number of ketones is 1. The van der Waals surface area contributed by atoms with Gasteiger partial charge in [0, 0.05) is 24.4 Å². The van der Waals surface area contributed by atoms with Gasteiger partial charge >= 0.3 is 7.12 Å². The minimum atomic E-state index is -0.784. The summed E-state index contributed by atoms with van der Waals surface area (Å²) in [6.45, 7) is 13.5. The number of benzene rings is 1. The molecule has 0 aromatic heterocycles. The summed E-state index contributed by atoms with van der Waals surface area (Å²) in [7, 11) is -0.577. The number of hydrogen-bond acceptors (Lipinski definition) is 8. The number of nitrogens with one attached hydrogen (secondary N) is 2. The fraction of sp³-hybridized carbons (Fsp3) is 0.710. The Labute approximate surface area is 260 Å². The minimum absolute atomic E-state index is 0.00871. The van der Waals surface area contributed by atoms with E-state index in [2.05, 4.69) is 44.9 Å². The standard InChI is InChI=1S/C31H48BN5O7/c1-7-42-23-12-10-20(11-13-23)24(38)16-21(9-8-14-34-29(33)36-37(40)41)28(39)35-27(15-19(2)3)32-43-26-18-22-17-25(30(22,4)5)31(26,6)44-32/h10-13,19,21-22,25-27H,7-9,14-18H2,1-6H3,(H,35,39)(H3,33,34,36)/t21-,22+,25+,26-,27+,31+/m1/s1. The van der Waals surface area contributed by atoms with Gasteiger partial charge in [0.05, 0.1) is 24.3 Å². The molecule has 3 saturated carbocycles. The predicted octanol–water partition coefficient (Wildman–Crippen LogP) is 3.95. The summed E-state index contributed by atoms with van der Waals surface area (Å²) in [5, 5.41) is 13.0. The summed E-state index contributed by atoms with van der Waals surface area (Å²) in [6, 6.07) is 6.89. The zero-order chi connectivity index (χ0) is 32.2. The Kier molecular flexibility index (Phi) is 10.6. The largest absolute Gasteiger partial charge is 0.494 e. The van der Waals surface area contributed by atoms with E-state index in [1.165, 1.54) is 0 Å². The Morgan fingerprint density at radius 1 is 1.23 bits per heavy atom. The summed E-state index contributed by atoms with van der Waals surface area (Å²) in [5.74, 6) is 0.167. The average molecular weight is 614 g/mol. The van der Waals surface area contributed by atoms with Crippen molar-refractivity contribution < 1.29 is 28.7 Å². The molecule has 1 aliphatic heterocycles. The van der Waals surface area contributed by atoms with Crippen LogP contribution in [-0.4, -0.2) is 60.6 Å². The Morgan fingerprint density at radius 2 is 1.93 bits per heavy atom. The van der Waals surface area contributed by atoms with Crippen LogP contribution in [0.25, 0.3) is 0 Å².